The molecule has 6 heteroatoms. The minimum absolute atomic E-state index is 0. The van der Waals surface area contributed by atoms with E-state index >= 15 is 8.78 Å². The van der Waals surface area contributed by atoms with Gasteiger partial charge in [-0.1, -0.05) is 155 Å². The van der Waals surface area contributed by atoms with Gasteiger partial charge in [-0.2, -0.15) is 0 Å². The number of halogens is 2. The van der Waals surface area contributed by atoms with Gasteiger partial charge in [0.15, 0.2) is 0 Å². The van der Waals surface area contributed by atoms with Gasteiger partial charge in [0.05, 0.1) is 8.07 Å². The van der Waals surface area contributed by atoms with Crippen molar-refractivity contribution in [3.63, 3.8) is 0 Å². The van der Waals surface area contributed by atoms with Crippen LogP contribution in [0.15, 0.2) is 54.6 Å². The maximum atomic E-state index is 17.2. The summed E-state index contributed by atoms with van der Waals surface area (Å²) < 4.78 is 34.4. The molecule has 0 amide bonds. The van der Waals surface area contributed by atoms with Crippen LogP contribution in [0.5, 0.6) is 0 Å². The number of hydrogen-bond donors (Lipinski definition) is 0. The zero-order valence-electron chi connectivity index (χ0n) is 33.7. The standard InChI is InChI=1S/C46H54F2N2Si.Pt/c1-42(2,3)29-22-27(35-17-16-18-38(49-35)45(10,11)12)21-28(23-29)36-26-31-37(51(13,14)15)20-19-33-39(31)41(50-36)32-24-30(43(4,5)6)25-34(44(7,8)9)40(32)46(33,47)48;/h16-20,22-23,25-26H,1-15H3;/q-2;+2. The van der Waals surface area contributed by atoms with Crippen molar-refractivity contribution in [1.82, 2.24) is 9.97 Å². The summed E-state index contributed by atoms with van der Waals surface area (Å²) in [5.41, 5.74) is 6.89. The van der Waals surface area contributed by atoms with Crippen LogP contribution in [0.3, 0.4) is 0 Å². The predicted molar refractivity (Wildman–Crippen MR) is 214 cm³/mol. The molecule has 2 aromatic heterocycles. The van der Waals surface area contributed by atoms with Gasteiger partial charge in [0, 0.05) is 22.4 Å². The summed E-state index contributed by atoms with van der Waals surface area (Å²) in [4.78, 5) is 10.5. The number of fused-ring (bicyclic) bond motifs is 2. The molecule has 0 saturated carbocycles. The maximum Gasteiger partial charge on any atom is 2.00 e. The molecule has 3 aromatic carbocycles. The number of benzene rings is 3. The predicted octanol–water partition coefficient (Wildman–Crippen LogP) is 12.4. The molecule has 0 spiro atoms. The Balaban J connectivity index is 0.00000523. The summed E-state index contributed by atoms with van der Waals surface area (Å²) >= 11 is 0. The number of nitrogens with zero attached hydrogens (tertiary/aromatic N) is 2. The summed E-state index contributed by atoms with van der Waals surface area (Å²) in [5, 5.41) is 2.54. The van der Waals surface area contributed by atoms with Gasteiger partial charge in [0.2, 0.25) is 0 Å². The summed E-state index contributed by atoms with van der Waals surface area (Å²) in [7, 11) is -2.01. The Morgan fingerprint density at radius 2 is 1.27 bits per heavy atom. The molecule has 0 N–H and O–H groups in total. The summed E-state index contributed by atoms with van der Waals surface area (Å²) in [6.07, 6.45) is 0. The fraction of sp³-hybridized carbons (Fsp3) is 0.435. The Hall–Kier alpha value is -3.01. The van der Waals surface area contributed by atoms with Gasteiger partial charge in [-0.3, -0.25) is 4.98 Å². The molecule has 0 radical (unpaired) electrons. The molecular weight excluding hydrogens is 842 g/mol. The third kappa shape index (κ3) is 7.14. The van der Waals surface area contributed by atoms with E-state index in [9.17, 15) is 0 Å². The first-order chi connectivity index (χ1) is 23.2. The molecular formula is C46H54F2N2PtSi. The molecule has 1 aliphatic carbocycles. The number of aromatic nitrogens is 2. The first-order valence-electron chi connectivity index (χ1n) is 18.2. The van der Waals surface area contributed by atoms with Crippen LogP contribution < -0.4 is 5.19 Å². The first kappa shape index (κ1) is 40.2. The van der Waals surface area contributed by atoms with Crippen LogP contribution in [0.2, 0.25) is 19.6 Å². The summed E-state index contributed by atoms with van der Waals surface area (Å²) in [5.74, 6) is -3.22. The molecule has 6 rings (SSSR count). The number of rotatable bonds is 3. The molecule has 0 unspecified atom stereocenters. The van der Waals surface area contributed by atoms with Crippen LogP contribution >= 0.6 is 0 Å². The Kier molecular flexibility index (Phi) is 9.89. The van der Waals surface area contributed by atoms with Gasteiger partial charge in [0.1, 0.15) is 0 Å². The Labute approximate surface area is 326 Å². The van der Waals surface area contributed by atoms with Crippen molar-refractivity contribution in [3.05, 3.63) is 100 Å². The zero-order chi connectivity index (χ0) is 37.9. The van der Waals surface area contributed by atoms with Crippen molar-refractivity contribution < 1.29 is 29.8 Å². The van der Waals surface area contributed by atoms with Crippen molar-refractivity contribution in [3.8, 4) is 33.8 Å². The molecule has 52 heavy (non-hydrogen) atoms. The SMILES string of the molecule is CC(C)(C)c1[c-]c2c(c(C(C)(C)C)c1)C(F)(F)c1ccc([Si](C)(C)C)c3cc(-c4[c-]c(-c5cccc(C(C)(C)C)n5)cc(C(C)(C)C)c4)nc-2c13.[Pt+2]. The minimum Gasteiger partial charge on any atom is -0.335 e. The van der Waals surface area contributed by atoms with Gasteiger partial charge in [-0.15, -0.1) is 52.6 Å². The van der Waals surface area contributed by atoms with E-state index < -0.39 is 19.4 Å². The molecule has 0 saturated heterocycles. The summed E-state index contributed by atoms with van der Waals surface area (Å²) in [6.45, 7) is 32.4. The van der Waals surface area contributed by atoms with Gasteiger partial charge in [-0.05, 0) is 44.5 Å². The molecule has 1 aliphatic rings. The van der Waals surface area contributed by atoms with Crippen LogP contribution in [-0.2, 0) is 48.6 Å². The average molecular weight is 896 g/mol. The van der Waals surface area contributed by atoms with Crippen LogP contribution in [0.25, 0.3) is 44.5 Å². The molecule has 0 bridgehead atoms. The zero-order valence-corrected chi connectivity index (χ0v) is 36.9. The van der Waals surface area contributed by atoms with E-state index in [2.05, 4.69) is 124 Å². The average Bonchev–Trinajstić information content (AvgIpc) is 3.00. The van der Waals surface area contributed by atoms with E-state index in [1.54, 1.807) is 6.07 Å². The van der Waals surface area contributed by atoms with Crippen LogP contribution in [0.1, 0.15) is 117 Å². The van der Waals surface area contributed by atoms with E-state index in [1.165, 1.54) is 0 Å². The van der Waals surface area contributed by atoms with Gasteiger partial charge in [0.25, 0.3) is 5.92 Å². The largest absolute Gasteiger partial charge is 2.00 e. The molecule has 0 aliphatic heterocycles. The van der Waals surface area contributed by atoms with Crippen molar-refractivity contribution in [2.45, 2.75) is 130 Å². The second-order valence-corrected chi connectivity index (χ2v) is 24.8. The second kappa shape index (κ2) is 12.8. The molecule has 2 nitrogen and oxygen atoms in total. The Morgan fingerprint density at radius 3 is 1.81 bits per heavy atom. The number of pyridine rings is 2. The molecule has 276 valence electrons. The fourth-order valence-corrected chi connectivity index (χ4v) is 8.69. The van der Waals surface area contributed by atoms with E-state index in [4.69, 9.17) is 9.97 Å². The smallest absolute Gasteiger partial charge is 0.335 e. The third-order valence-corrected chi connectivity index (χ3v) is 12.2. The van der Waals surface area contributed by atoms with E-state index in [1.807, 2.05) is 39.0 Å². The molecule has 2 heterocycles. The van der Waals surface area contributed by atoms with Crippen LogP contribution in [0.4, 0.5) is 8.78 Å². The molecule has 5 aromatic rings. The first-order valence-corrected chi connectivity index (χ1v) is 21.7. The van der Waals surface area contributed by atoms with Gasteiger partial charge >= 0.3 is 21.1 Å². The van der Waals surface area contributed by atoms with Crippen molar-refractivity contribution in [1.29, 1.82) is 0 Å². The topological polar surface area (TPSA) is 25.8 Å². The molecule has 0 atom stereocenters. The van der Waals surface area contributed by atoms with E-state index in [0.29, 0.717) is 22.2 Å². The van der Waals surface area contributed by atoms with Gasteiger partial charge < -0.3 is 4.98 Å². The quantitative estimate of drug-likeness (QED) is 0.133. The monoisotopic (exact) mass is 895 g/mol. The van der Waals surface area contributed by atoms with Gasteiger partial charge in [-0.25, -0.2) is 8.78 Å². The Bertz CT molecular complexity index is 2200. The van der Waals surface area contributed by atoms with Crippen molar-refractivity contribution in [2.24, 2.45) is 0 Å². The number of hydrogen-bond acceptors (Lipinski definition) is 2. The normalized spacial score (nSPS) is 14.6. The Morgan fingerprint density at radius 1 is 0.654 bits per heavy atom. The van der Waals surface area contributed by atoms with E-state index in [-0.39, 0.29) is 48.4 Å². The second-order valence-electron chi connectivity index (χ2n) is 19.7. The van der Waals surface area contributed by atoms with Crippen molar-refractivity contribution >= 4 is 24.0 Å². The van der Waals surface area contributed by atoms with E-state index in [0.717, 1.165) is 49.9 Å². The minimum atomic E-state index is -3.22. The third-order valence-electron chi connectivity index (χ3n) is 10.2. The van der Waals surface area contributed by atoms with Crippen LogP contribution in [-0.4, -0.2) is 18.0 Å². The van der Waals surface area contributed by atoms with Crippen molar-refractivity contribution in [2.75, 3.05) is 0 Å². The molecule has 0 fully saturated rings. The van der Waals surface area contributed by atoms with Crippen LogP contribution in [0, 0.1) is 12.1 Å². The number of alkyl halides is 2. The maximum absolute atomic E-state index is 17.2. The fourth-order valence-electron chi connectivity index (χ4n) is 7.10. The summed E-state index contributed by atoms with van der Waals surface area (Å²) in [6, 6.07) is 25.4.